The third-order valence-corrected chi connectivity index (χ3v) is 7.87. The minimum Gasteiger partial charge on any atom is -0.380 e. The van der Waals surface area contributed by atoms with Gasteiger partial charge in [0.15, 0.2) is 0 Å². The lowest BCUT2D eigenvalue weighted by molar-refractivity contribution is 0.115. The van der Waals surface area contributed by atoms with Gasteiger partial charge in [0.25, 0.3) is 5.56 Å². The van der Waals surface area contributed by atoms with Crippen LogP contribution < -0.4 is 5.56 Å². The molecule has 2 aromatic heterocycles. The number of hydrogen-bond donors (Lipinski definition) is 1. The molecule has 1 aliphatic rings. The van der Waals surface area contributed by atoms with E-state index in [9.17, 15) is 13.2 Å². The van der Waals surface area contributed by atoms with Crippen molar-refractivity contribution in [3.05, 3.63) is 70.1 Å². The molecule has 1 aliphatic heterocycles. The van der Waals surface area contributed by atoms with Crippen LogP contribution in [0, 0.1) is 0 Å². The van der Waals surface area contributed by atoms with Crippen LogP contribution in [0.2, 0.25) is 5.02 Å². The summed E-state index contributed by atoms with van der Waals surface area (Å²) in [6.07, 6.45) is 2.21. The maximum atomic E-state index is 12.9. The number of methoxy groups -OCH3 is 1. The van der Waals surface area contributed by atoms with Crippen molar-refractivity contribution in [3.63, 3.8) is 0 Å². The van der Waals surface area contributed by atoms with Crippen molar-refractivity contribution in [2.75, 3.05) is 20.2 Å². The molecule has 1 N–H and O–H groups in total. The number of nitrogens with one attached hydrogen (secondary N) is 1. The average Bonchev–Trinajstić information content (AvgIpc) is 3.49. The number of fused-ring (bicyclic) bond motifs is 1. The van der Waals surface area contributed by atoms with E-state index in [1.165, 1.54) is 21.1 Å². The summed E-state index contributed by atoms with van der Waals surface area (Å²) in [6, 6.07) is 13.3. The minimum atomic E-state index is -3.60. The summed E-state index contributed by atoms with van der Waals surface area (Å²) in [7, 11) is -2.01. The van der Waals surface area contributed by atoms with Gasteiger partial charge in [0.2, 0.25) is 10.0 Å². The molecule has 33 heavy (non-hydrogen) atoms. The first kappa shape index (κ1) is 21.8. The number of aromatic nitrogens is 4. The van der Waals surface area contributed by atoms with Gasteiger partial charge >= 0.3 is 0 Å². The Labute approximate surface area is 194 Å². The minimum absolute atomic E-state index is 0.0816. The Kier molecular flexibility index (Phi) is 5.53. The first-order valence-corrected chi connectivity index (χ1v) is 12.1. The zero-order chi connectivity index (χ0) is 23.2. The zero-order valence-electron chi connectivity index (χ0n) is 17.6. The van der Waals surface area contributed by atoms with Crippen molar-refractivity contribution in [3.8, 4) is 16.9 Å². The van der Waals surface area contributed by atoms with Crippen molar-refractivity contribution in [2.24, 2.45) is 0 Å². The van der Waals surface area contributed by atoms with Crippen LogP contribution in [0.1, 0.15) is 6.42 Å². The Morgan fingerprint density at radius 2 is 1.94 bits per heavy atom. The summed E-state index contributed by atoms with van der Waals surface area (Å²) in [5, 5.41) is 9.57. The van der Waals surface area contributed by atoms with Crippen molar-refractivity contribution >= 4 is 32.5 Å². The van der Waals surface area contributed by atoms with Crippen molar-refractivity contribution < 1.29 is 13.2 Å². The number of halogens is 1. The molecule has 0 bridgehead atoms. The van der Waals surface area contributed by atoms with E-state index in [0.717, 1.165) is 5.39 Å². The van der Waals surface area contributed by atoms with Crippen LogP contribution in [0.25, 0.3) is 27.8 Å². The summed E-state index contributed by atoms with van der Waals surface area (Å²) in [6.45, 7) is 0.777. The number of benzene rings is 2. The maximum Gasteiger partial charge on any atom is 0.258 e. The lowest BCUT2D eigenvalue weighted by Crippen LogP contribution is -2.30. The molecular weight excluding hydrogens is 466 g/mol. The van der Waals surface area contributed by atoms with Crippen LogP contribution in [-0.2, 0) is 14.8 Å². The molecule has 11 heteroatoms. The normalized spacial score (nSPS) is 17.1. The number of pyridine rings is 1. The number of aromatic amines is 1. The third-order valence-electron chi connectivity index (χ3n) is 5.76. The van der Waals surface area contributed by atoms with E-state index in [-0.39, 0.29) is 16.6 Å². The highest BCUT2D eigenvalue weighted by Gasteiger charge is 2.32. The Hall–Kier alpha value is -3.05. The van der Waals surface area contributed by atoms with Crippen molar-refractivity contribution in [1.82, 2.24) is 24.3 Å². The molecule has 5 rings (SSSR count). The van der Waals surface area contributed by atoms with Gasteiger partial charge in [-0.1, -0.05) is 16.8 Å². The number of hydrogen-bond acceptors (Lipinski definition) is 6. The van der Waals surface area contributed by atoms with Crippen LogP contribution in [0.5, 0.6) is 0 Å². The van der Waals surface area contributed by atoms with E-state index < -0.39 is 10.0 Å². The van der Waals surface area contributed by atoms with Gasteiger partial charge in [0.05, 0.1) is 28.4 Å². The van der Waals surface area contributed by atoms with Crippen LogP contribution in [0.15, 0.2) is 64.4 Å². The molecule has 0 radical (unpaired) electrons. The van der Waals surface area contributed by atoms with E-state index in [4.69, 9.17) is 16.3 Å². The van der Waals surface area contributed by atoms with Crippen molar-refractivity contribution in [1.29, 1.82) is 0 Å². The highest BCUT2D eigenvalue weighted by atomic mass is 35.5. The topological polar surface area (TPSA) is 110 Å². The van der Waals surface area contributed by atoms with E-state index in [0.29, 0.717) is 47.0 Å². The molecule has 9 nitrogen and oxygen atoms in total. The van der Waals surface area contributed by atoms with E-state index in [2.05, 4.69) is 15.3 Å². The van der Waals surface area contributed by atoms with Gasteiger partial charge < -0.3 is 9.72 Å². The van der Waals surface area contributed by atoms with Gasteiger partial charge in [-0.2, -0.15) is 4.31 Å². The van der Waals surface area contributed by atoms with Crippen LogP contribution >= 0.6 is 11.6 Å². The molecule has 2 aromatic carbocycles. The fourth-order valence-electron chi connectivity index (χ4n) is 3.91. The first-order valence-electron chi connectivity index (χ1n) is 10.2. The summed E-state index contributed by atoms with van der Waals surface area (Å²) >= 11 is 6.07. The number of ether oxygens (including phenoxy) is 1. The van der Waals surface area contributed by atoms with Gasteiger partial charge in [-0.15, -0.1) is 5.10 Å². The number of H-pyrrole nitrogens is 1. The Bertz CT molecular complexity index is 1500. The predicted octanol–water partition coefficient (Wildman–Crippen LogP) is 2.84. The molecule has 0 saturated carbocycles. The second-order valence-corrected chi connectivity index (χ2v) is 10.2. The molecule has 0 amide bonds. The average molecular weight is 486 g/mol. The Morgan fingerprint density at radius 1 is 1.15 bits per heavy atom. The second kappa shape index (κ2) is 8.38. The van der Waals surface area contributed by atoms with Gasteiger partial charge in [-0.05, 0) is 55.0 Å². The molecule has 0 spiro atoms. The standard InChI is InChI=1S/C22H20ClN5O4S/c1-32-17-8-9-27(12-17)33(30,31)18-5-3-16(4-6-18)28-13-21(25-26-28)19-11-14-10-15(23)2-7-20(14)24-22(19)29/h2-7,10-11,13,17H,8-9,12H2,1H3,(H,24,29). The highest BCUT2D eigenvalue weighted by Crippen LogP contribution is 2.24. The zero-order valence-corrected chi connectivity index (χ0v) is 19.2. The quantitative estimate of drug-likeness (QED) is 0.465. The monoisotopic (exact) mass is 485 g/mol. The number of nitrogens with zero attached hydrogens (tertiary/aromatic N) is 4. The predicted molar refractivity (Wildman–Crippen MR) is 124 cm³/mol. The Morgan fingerprint density at radius 3 is 2.67 bits per heavy atom. The first-order chi connectivity index (χ1) is 15.8. The summed E-state index contributed by atoms with van der Waals surface area (Å²) in [5.74, 6) is 0. The molecule has 0 aliphatic carbocycles. The van der Waals surface area contributed by atoms with E-state index >= 15 is 0 Å². The summed E-state index contributed by atoms with van der Waals surface area (Å²) < 4.78 is 34.0. The molecule has 4 aromatic rings. The molecule has 3 heterocycles. The lowest BCUT2D eigenvalue weighted by Gasteiger charge is -2.16. The van der Waals surface area contributed by atoms with Crippen LogP contribution in [-0.4, -0.2) is 59.0 Å². The fourth-order valence-corrected chi connectivity index (χ4v) is 5.58. The van der Waals surface area contributed by atoms with E-state index in [1.807, 2.05) is 0 Å². The van der Waals surface area contributed by atoms with Gasteiger partial charge in [-0.25, -0.2) is 13.1 Å². The maximum absolute atomic E-state index is 12.9. The highest BCUT2D eigenvalue weighted by molar-refractivity contribution is 7.89. The number of sulfonamides is 1. The molecule has 1 saturated heterocycles. The molecular formula is C22H20ClN5O4S. The summed E-state index contributed by atoms with van der Waals surface area (Å²) in [4.78, 5) is 15.6. The largest absolute Gasteiger partial charge is 0.380 e. The second-order valence-electron chi connectivity index (χ2n) is 7.80. The lowest BCUT2D eigenvalue weighted by atomic mass is 10.1. The van der Waals surface area contributed by atoms with Crippen molar-refractivity contribution in [2.45, 2.75) is 17.4 Å². The third kappa shape index (κ3) is 4.06. The Balaban J connectivity index is 1.42. The van der Waals surface area contributed by atoms with Gasteiger partial charge in [0.1, 0.15) is 5.69 Å². The molecule has 170 valence electrons. The number of rotatable bonds is 5. The molecule has 1 fully saturated rings. The molecule has 1 unspecified atom stereocenters. The van der Waals surface area contributed by atoms with Crippen LogP contribution in [0.4, 0.5) is 0 Å². The smallest absolute Gasteiger partial charge is 0.258 e. The SMILES string of the molecule is COC1CCN(S(=O)(=O)c2ccc(-n3cc(-c4cc5cc(Cl)ccc5[nH]c4=O)nn3)cc2)C1. The van der Waals surface area contributed by atoms with E-state index in [1.54, 1.807) is 49.7 Å². The fraction of sp³-hybridized carbons (Fsp3) is 0.227. The molecule has 1 atom stereocenters. The summed E-state index contributed by atoms with van der Waals surface area (Å²) in [5.41, 5.74) is 1.74. The van der Waals surface area contributed by atoms with Gasteiger partial charge in [0, 0.05) is 36.1 Å². The van der Waals surface area contributed by atoms with Crippen LogP contribution in [0.3, 0.4) is 0 Å². The van der Waals surface area contributed by atoms with Gasteiger partial charge in [-0.3, -0.25) is 4.79 Å².